The molecule has 16 N–H and O–H groups in total. The van der Waals surface area contributed by atoms with Crippen molar-refractivity contribution in [2.45, 2.75) is 0 Å². The number of hydrogen-bond donors (Lipinski definition) is 8. The molecule has 0 aliphatic heterocycles. The Kier molecular flexibility index (Phi) is 3770. The smallest absolute Gasteiger partial charge is 0.255 e. The fraction of sp³-hybridized carbons (Fsp3) is 0. The summed E-state index contributed by atoms with van der Waals surface area (Å²) in [6.07, 6.45) is 0. The van der Waals surface area contributed by atoms with Crippen LogP contribution in [0.1, 0.15) is 0 Å². The third-order valence-electron chi connectivity index (χ3n) is 0. The number of rotatable bonds is 0. The maximum absolute atomic E-state index is 6.50. The molecule has 0 aromatic carbocycles. The molecule has 17 heavy (non-hydrogen) atoms. The predicted octanol–water partition coefficient (Wildman–Crippen LogP) is -5.52. The Morgan fingerprint density at radius 3 is 0.412 bits per heavy atom. The minimum atomic E-state index is 0. The summed E-state index contributed by atoms with van der Waals surface area (Å²) in [6, 6.07) is 0. The summed E-state index contributed by atoms with van der Waals surface area (Å²) in [5, 5.41) is 34.0. The largest absolute Gasteiger partial charge is 0.344 e. The van der Waals surface area contributed by atoms with Crippen molar-refractivity contribution in [1.29, 1.82) is 10.5 Å². The normalized spacial score (nSPS) is 0.706. The standard InChI is InChI=1S/6CHN.Fe.4H3N/c6*1-2;;;;;/h6*1H;;4*1H3/p+4. The molecule has 0 heterocycles. The maximum Gasteiger partial charge on any atom is 0.255 e. The first-order valence-electron chi connectivity index (χ1n) is 1.67. The molecular weight excluding hydrogens is 268 g/mol. The van der Waals surface area contributed by atoms with Crippen molar-refractivity contribution in [3.05, 3.63) is 0 Å². The molecule has 11 heteroatoms. The van der Waals surface area contributed by atoms with Crippen molar-refractivity contribution < 1.29 is 38.1 Å². The monoisotopic (exact) mass is 290 g/mol. The van der Waals surface area contributed by atoms with Gasteiger partial charge >= 0.3 is 0 Å². The molecule has 0 aromatic rings. The summed E-state index contributed by atoms with van der Waals surface area (Å²) in [6.45, 7) is 22.0. The zero-order valence-corrected chi connectivity index (χ0v) is 10.6. The van der Waals surface area contributed by atoms with Gasteiger partial charge in [0.05, 0.1) is 0 Å². The van der Waals surface area contributed by atoms with E-state index in [4.69, 9.17) is 31.6 Å². The van der Waals surface area contributed by atoms with Gasteiger partial charge in [0.15, 0.2) is 0 Å². The van der Waals surface area contributed by atoms with Crippen molar-refractivity contribution in [1.82, 2.24) is 24.6 Å². The topological polar surface area (TPSA) is 283 Å². The summed E-state index contributed by atoms with van der Waals surface area (Å²) in [4.78, 5) is 0. The minimum absolute atomic E-state index is 0. The first-order chi connectivity index (χ1) is 6.00. The third kappa shape index (κ3) is 233. The Morgan fingerprint density at radius 1 is 0.412 bits per heavy atom. The van der Waals surface area contributed by atoms with E-state index in [1.165, 1.54) is 0 Å². The van der Waals surface area contributed by atoms with Crippen LogP contribution < -0.4 is 45.6 Å². The van der Waals surface area contributed by atoms with Crippen LogP contribution in [0.5, 0.6) is 0 Å². The van der Waals surface area contributed by atoms with Crippen LogP contribution in [-0.2, 0) is 17.1 Å². The van der Waals surface area contributed by atoms with Crippen molar-refractivity contribution in [3.8, 4) is 39.4 Å². The van der Waals surface area contributed by atoms with Gasteiger partial charge in [-0.2, -0.15) is 0 Å². The van der Waals surface area contributed by atoms with Crippen LogP contribution in [0.2, 0.25) is 0 Å². The fourth-order valence-corrected chi connectivity index (χ4v) is 0. The average molecular weight is 290 g/mol. The van der Waals surface area contributed by atoms with Crippen LogP contribution in [0.15, 0.2) is 0 Å². The van der Waals surface area contributed by atoms with E-state index in [1.54, 1.807) is 0 Å². The summed E-state index contributed by atoms with van der Waals surface area (Å²) in [5.41, 5.74) is 0. The second-order valence-corrected chi connectivity index (χ2v) is 0. The molecule has 0 bridgehead atoms. The number of hydrogen-bond acceptors (Lipinski definition) is 6. The molecule has 0 aromatic heterocycles. The summed E-state index contributed by atoms with van der Waals surface area (Å²) >= 11 is 0. The quantitative estimate of drug-likeness (QED) is 0.201. The molecule has 0 saturated heterocycles. The second-order valence-electron chi connectivity index (χ2n) is 0. The molecule has 0 amide bonds. The first kappa shape index (κ1) is 232. The SMILES string of the molecule is C#N.C#N.C#[NH+].C#[NH+].C#[NH+].C#[NH+].N.N.N.N.[Fe]. The van der Waals surface area contributed by atoms with Gasteiger partial charge in [-0.15, -0.1) is 21.0 Å². The Hall–Kier alpha value is -2.70. The molecule has 0 fully saturated rings. The molecule has 0 aliphatic carbocycles. The molecule has 0 rings (SSSR count). The van der Waals surface area contributed by atoms with E-state index in [0.29, 0.717) is 0 Å². The van der Waals surface area contributed by atoms with Crippen LogP contribution in [0.4, 0.5) is 0 Å². The van der Waals surface area contributed by atoms with Crippen LogP contribution in [0.25, 0.3) is 0 Å². The van der Waals surface area contributed by atoms with Gasteiger partial charge in [0.1, 0.15) is 0 Å². The molecule has 100 valence electrons. The Morgan fingerprint density at radius 2 is 0.412 bits per heavy atom. The predicted molar refractivity (Wildman–Crippen MR) is 57.1 cm³/mol. The van der Waals surface area contributed by atoms with E-state index < -0.39 is 0 Å². The van der Waals surface area contributed by atoms with Gasteiger partial charge in [-0.25, -0.2) is 10.5 Å². The van der Waals surface area contributed by atoms with E-state index in [1.807, 2.05) is 0 Å². The van der Waals surface area contributed by atoms with E-state index in [0.717, 1.165) is 0 Å². The molecule has 0 aliphatic rings. The zero-order valence-electron chi connectivity index (χ0n) is 9.54. The van der Waals surface area contributed by atoms with Crippen LogP contribution in [-0.4, -0.2) is 0 Å². The van der Waals surface area contributed by atoms with Gasteiger partial charge in [0.25, 0.3) is 26.3 Å². The number of nitrogens with one attached hydrogen (secondary N) is 4. The molecular formula is C6H22FeN10+4. The molecule has 0 saturated carbocycles. The molecule has 10 nitrogen and oxygen atoms in total. The Bertz CT molecular complexity index is 95.8. The van der Waals surface area contributed by atoms with Crippen molar-refractivity contribution >= 4 is 0 Å². The van der Waals surface area contributed by atoms with E-state index >= 15 is 0 Å². The summed E-state index contributed by atoms with van der Waals surface area (Å²) < 4.78 is 0. The van der Waals surface area contributed by atoms with Crippen LogP contribution in [0.3, 0.4) is 0 Å². The van der Waals surface area contributed by atoms with Crippen molar-refractivity contribution in [3.63, 3.8) is 0 Å². The summed E-state index contributed by atoms with van der Waals surface area (Å²) in [5.74, 6) is 0. The van der Waals surface area contributed by atoms with Gasteiger partial charge in [0.2, 0.25) is 0 Å². The van der Waals surface area contributed by atoms with Gasteiger partial charge < -0.3 is 24.6 Å². The number of nitrogens with zero attached hydrogens (tertiary/aromatic N) is 2. The maximum atomic E-state index is 6.50. The molecule has 0 unspecified atom stereocenters. The van der Waals surface area contributed by atoms with E-state index in [-0.39, 0.29) is 41.7 Å². The van der Waals surface area contributed by atoms with Gasteiger partial charge in [-0.1, -0.05) is 0 Å². The zero-order chi connectivity index (χ0) is 12.0. The first-order valence-corrected chi connectivity index (χ1v) is 1.67. The average Bonchev–Trinajstić information content (AvgIpc) is 2.33. The Balaban J connectivity index is -0.00000000267. The second kappa shape index (κ2) is 276. The fourth-order valence-electron chi connectivity index (χ4n) is 0. The van der Waals surface area contributed by atoms with Crippen molar-refractivity contribution in [2.75, 3.05) is 0 Å². The van der Waals surface area contributed by atoms with Gasteiger partial charge in [-0.3, -0.25) is 0 Å². The van der Waals surface area contributed by atoms with Crippen molar-refractivity contribution in [2.24, 2.45) is 0 Å². The Labute approximate surface area is 113 Å². The van der Waals surface area contributed by atoms with Crippen LogP contribution in [0, 0.1) is 50.0 Å². The van der Waals surface area contributed by atoms with E-state index in [9.17, 15) is 0 Å². The van der Waals surface area contributed by atoms with Gasteiger partial charge in [0, 0.05) is 30.2 Å². The molecule has 0 atom stereocenters. The van der Waals surface area contributed by atoms with Gasteiger partial charge in [-0.05, 0) is 0 Å². The molecule has 0 spiro atoms. The number of nitriles is 2. The van der Waals surface area contributed by atoms with E-state index in [2.05, 4.69) is 39.4 Å². The third-order valence-corrected chi connectivity index (χ3v) is 0. The molecule has 0 radical (unpaired) electrons. The minimum Gasteiger partial charge on any atom is -0.344 e. The van der Waals surface area contributed by atoms with Crippen LogP contribution >= 0.6 is 0 Å². The summed E-state index contributed by atoms with van der Waals surface area (Å²) in [7, 11) is 0.